The van der Waals surface area contributed by atoms with Crippen LogP contribution in [0.2, 0.25) is 5.02 Å². The number of carbonyl (C=O) groups is 1. The van der Waals surface area contributed by atoms with Gasteiger partial charge in [0, 0.05) is 13.0 Å². The summed E-state index contributed by atoms with van der Waals surface area (Å²) < 4.78 is 23.7. The Labute approximate surface area is 119 Å². The Kier molecular flexibility index (Phi) is 4.10. The minimum atomic E-state index is -0.629. The van der Waals surface area contributed by atoms with Gasteiger partial charge >= 0.3 is 5.97 Å². The van der Waals surface area contributed by atoms with Crippen LogP contribution < -0.4 is 15.2 Å². The zero-order valence-electron chi connectivity index (χ0n) is 10.5. The third kappa shape index (κ3) is 3.19. The van der Waals surface area contributed by atoms with Crippen LogP contribution in [0.3, 0.4) is 0 Å². The molecule has 0 spiro atoms. The number of para-hydroxylation sites is 2. The van der Waals surface area contributed by atoms with Crippen LogP contribution in [0.4, 0.5) is 10.1 Å². The van der Waals surface area contributed by atoms with Crippen molar-refractivity contribution >= 4 is 23.3 Å². The summed E-state index contributed by atoms with van der Waals surface area (Å²) in [6.45, 7) is 1.28. The van der Waals surface area contributed by atoms with Crippen LogP contribution >= 0.6 is 11.6 Å². The number of halogens is 2. The van der Waals surface area contributed by atoms with Gasteiger partial charge in [0.25, 0.3) is 0 Å². The lowest BCUT2D eigenvalue weighted by Crippen LogP contribution is -2.02. The Morgan fingerprint density at radius 1 is 1.20 bits per heavy atom. The molecule has 2 aromatic rings. The fourth-order valence-electron chi connectivity index (χ4n) is 1.52. The molecule has 0 saturated carbocycles. The molecule has 0 unspecified atom stereocenters. The van der Waals surface area contributed by atoms with E-state index >= 15 is 0 Å². The fraction of sp³-hybridized carbons (Fsp3) is 0.0714. The molecule has 0 aliphatic heterocycles. The van der Waals surface area contributed by atoms with E-state index in [2.05, 4.69) is 0 Å². The third-order valence-electron chi connectivity index (χ3n) is 2.37. The van der Waals surface area contributed by atoms with Crippen LogP contribution in [0, 0.1) is 5.82 Å². The highest BCUT2D eigenvalue weighted by atomic mass is 35.5. The van der Waals surface area contributed by atoms with Gasteiger partial charge in [-0.05, 0) is 18.2 Å². The quantitative estimate of drug-likeness (QED) is 0.532. The molecule has 0 bridgehead atoms. The number of benzene rings is 2. The number of nitrogen functional groups attached to an aromatic ring is 1. The van der Waals surface area contributed by atoms with Crippen molar-refractivity contribution in [3.05, 3.63) is 47.2 Å². The second kappa shape index (κ2) is 5.79. The molecule has 0 atom stereocenters. The van der Waals surface area contributed by atoms with Crippen molar-refractivity contribution in [2.75, 3.05) is 5.73 Å². The normalized spacial score (nSPS) is 10.2. The van der Waals surface area contributed by atoms with Gasteiger partial charge in [0.15, 0.2) is 11.5 Å². The van der Waals surface area contributed by atoms with Crippen LogP contribution in [-0.4, -0.2) is 5.97 Å². The predicted molar refractivity (Wildman–Crippen MR) is 73.6 cm³/mol. The molecule has 0 fully saturated rings. The summed E-state index contributed by atoms with van der Waals surface area (Å²) in [7, 11) is 0. The highest BCUT2D eigenvalue weighted by molar-refractivity contribution is 6.32. The summed E-state index contributed by atoms with van der Waals surface area (Å²) in [6.07, 6.45) is 0. The number of anilines is 1. The van der Waals surface area contributed by atoms with Crippen molar-refractivity contribution in [3.63, 3.8) is 0 Å². The summed E-state index contributed by atoms with van der Waals surface area (Å²) in [6, 6.07) is 8.86. The molecule has 0 saturated heterocycles. The van der Waals surface area contributed by atoms with Gasteiger partial charge in [0.2, 0.25) is 0 Å². The topological polar surface area (TPSA) is 61.5 Å². The van der Waals surface area contributed by atoms with Gasteiger partial charge in [-0.1, -0.05) is 23.7 Å². The molecule has 0 amide bonds. The van der Waals surface area contributed by atoms with E-state index in [0.29, 0.717) is 0 Å². The summed E-state index contributed by atoms with van der Waals surface area (Å²) in [5, 5.41) is 0.0642. The van der Waals surface area contributed by atoms with Crippen LogP contribution in [0.25, 0.3) is 0 Å². The second-order valence-corrected chi connectivity index (χ2v) is 4.35. The Bertz CT molecular complexity index is 661. The molecule has 0 heterocycles. The lowest BCUT2D eigenvalue weighted by Gasteiger charge is -2.12. The molecule has 20 heavy (non-hydrogen) atoms. The third-order valence-corrected chi connectivity index (χ3v) is 2.67. The van der Waals surface area contributed by atoms with E-state index in [1.54, 1.807) is 24.3 Å². The molecule has 2 N–H and O–H groups in total. The standard InChI is InChI=1S/C14H11ClFNO3/c1-8(18)19-12-4-2-3-5-13(12)20-14-7-11(17)10(16)6-9(14)15/h2-7H,17H2,1H3. The number of ether oxygens (including phenoxy) is 2. The van der Waals surface area contributed by atoms with Crippen molar-refractivity contribution in [2.24, 2.45) is 0 Å². The van der Waals surface area contributed by atoms with E-state index in [-0.39, 0.29) is 28.0 Å². The van der Waals surface area contributed by atoms with Gasteiger partial charge in [-0.15, -0.1) is 0 Å². The van der Waals surface area contributed by atoms with Crippen LogP contribution in [0.15, 0.2) is 36.4 Å². The fourth-order valence-corrected chi connectivity index (χ4v) is 1.70. The summed E-state index contributed by atoms with van der Waals surface area (Å²) in [4.78, 5) is 11.0. The number of esters is 1. The number of carbonyl (C=O) groups excluding carboxylic acids is 1. The first-order chi connectivity index (χ1) is 9.47. The molecule has 104 valence electrons. The van der Waals surface area contributed by atoms with Gasteiger partial charge in [-0.25, -0.2) is 4.39 Å². The van der Waals surface area contributed by atoms with Crippen LogP contribution in [0.5, 0.6) is 17.2 Å². The minimum absolute atomic E-state index is 0.0642. The first-order valence-electron chi connectivity index (χ1n) is 5.67. The van der Waals surface area contributed by atoms with E-state index < -0.39 is 11.8 Å². The molecule has 0 aliphatic carbocycles. The summed E-state index contributed by atoms with van der Waals surface area (Å²) >= 11 is 5.88. The summed E-state index contributed by atoms with van der Waals surface area (Å²) in [5.74, 6) is -0.430. The predicted octanol–water partition coefficient (Wildman–Crippen LogP) is 3.78. The van der Waals surface area contributed by atoms with Gasteiger partial charge in [-0.2, -0.15) is 0 Å². The zero-order chi connectivity index (χ0) is 14.7. The van der Waals surface area contributed by atoms with Crippen molar-refractivity contribution in [1.29, 1.82) is 0 Å². The van der Waals surface area contributed by atoms with E-state index in [9.17, 15) is 9.18 Å². The molecular formula is C14H11ClFNO3. The lowest BCUT2D eigenvalue weighted by atomic mass is 10.3. The first-order valence-corrected chi connectivity index (χ1v) is 6.05. The largest absolute Gasteiger partial charge is 0.452 e. The molecular weight excluding hydrogens is 285 g/mol. The van der Waals surface area contributed by atoms with E-state index in [4.69, 9.17) is 26.8 Å². The Balaban J connectivity index is 2.35. The van der Waals surface area contributed by atoms with Gasteiger partial charge in [0.1, 0.15) is 11.6 Å². The molecule has 0 aromatic heterocycles. The van der Waals surface area contributed by atoms with Crippen molar-refractivity contribution in [2.45, 2.75) is 6.92 Å². The maximum absolute atomic E-state index is 13.2. The maximum atomic E-state index is 13.2. The number of rotatable bonds is 3. The molecule has 4 nitrogen and oxygen atoms in total. The summed E-state index contributed by atoms with van der Waals surface area (Å²) in [5.41, 5.74) is 5.37. The second-order valence-electron chi connectivity index (χ2n) is 3.95. The van der Waals surface area contributed by atoms with Crippen molar-refractivity contribution < 1.29 is 18.7 Å². The average Bonchev–Trinajstić information content (AvgIpc) is 2.37. The average molecular weight is 296 g/mol. The smallest absolute Gasteiger partial charge is 0.308 e. The van der Waals surface area contributed by atoms with Gasteiger partial charge in [0.05, 0.1) is 10.7 Å². The molecule has 2 aromatic carbocycles. The van der Waals surface area contributed by atoms with Crippen molar-refractivity contribution in [1.82, 2.24) is 0 Å². The Morgan fingerprint density at radius 3 is 2.50 bits per heavy atom. The number of hydrogen-bond acceptors (Lipinski definition) is 4. The molecule has 2 rings (SSSR count). The SMILES string of the molecule is CC(=O)Oc1ccccc1Oc1cc(N)c(F)cc1Cl. The molecule has 0 radical (unpaired) electrons. The molecule has 6 heteroatoms. The van der Waals surface area contributed by atoms with E-state index in [0.717, 1.165) is 6.07 Å². The first kappa shape index (κ1) is 14.1. The van der Waals surface area contributed by atoms with Crippen molar-refractivity contribution in [3.8, 4) is 17.2 Å². The maximum Gasteiger partial charge on any atom is 0.308 e. The Hall–Kier alpha value is -2.27. The van der Waals surface area contributed by atoms with Gasteiger partial charge < -0.3 is 15.2 Å². The lowest BCUT2D eigenvalue weighted by molar-refractivity contribution is -0.131. The van der Waals surface area contributed by atoms with Crippen LogP contribution in [0.1, 0.15) is 6.92 Å². The number of hydrogen-bond donors (Lipinski definition) is 1. The minimum Gasteiger partial charge on any atom is -0.452 e. The molecule has 0 aliphatic rings. The monoisotopic (exact) mass is 295 g/mol. The number of nitrogens with two attached hydrogens (primary N) is 1. The Morgan fingerprint density at radius 2 is 1.85 bits per heavy atom. The van der Waals surface area contributed by atoms with Gasteiger partial charge in [-0.3, -0.25) is 4.79 Å². The highest BCUT2D eigenvalue weighted by Gasteiger charge is 2.12. The van der Waals surface area contributed by atoms with E-state index in [1.807, 2.05) is 0 Å². The van der Waals surface area contributed by atoms with Crippen LogP contribution in [-0.2, 0) is 4.79 Å². The zero-order valence-corrected chi connectivity index (χ0v) is 11.3. The van der Waals surface area contributed by atoms with E-state index in [1.165, 1.54) is 13.0 Å². The highest BCUT2D eigenvalue weighted by Crippen LogP contribution is 2.36.